The predicted octanol–water partition coefficient (Wildman–Crippen LogP) is 5.61. The molecule has 3 aromatic rings. The summed E-state index contributed by atoms with van der Waals surface area (Å²) in [5.41, 5.74) is 1.59. The molecule has 0 saturated carbocycles. The summed E-state index contributed by atoms with van der Waals surface area (Å²) in [6.45, 7) is 1.86. The van der Waals surface area contributed by atoms with Gasteiger partial charge in [0.05, 0.1) is 21.9 Å². The summed E-state index contributed by atoms with van der Waals surface area (Å²) >= 11 is 5.80. The fraction of sp³-hybridized carbons (Fsp3) is 0.192. The van der Waals surface area contributed by atoms with Crippen LogP contribution in [0.25, 0.3) is 11.1 Å². The first-order chi connectivity index (χ1) is 17.0. The van der Waals surface area contributed by atoms with Crippen LogP contribution in [0.5, 0.6) is 0 Å². The molecule has 2 N–H and O–H groups in total. The minimum atomic E-state index is -4.40. The minimum absolute atomic E-state index is 0.0292. The normalized spacial score (nSPS) is 12.3. The van der Waals surface area contributed by atoms with Crippen LogP contribution in [0.15, 0.2) is 89.5 Å². The highest BCUT2D eigenvalue weighted by Gasteiger charge is 2.30. The van der Waals surface area contributed by atoms with Gasteiger partial charge in [0.2, 0.25) is 0 Å². The average Bonchev–Trinajstić information content (AvgIpc) is 2.85. The van der Waals surface area contributed by atoms with E-state index in [2.05, 4.69) is 10.6 Å². The zero-order chi connectivity index (χ0) is 26.3. The third-order valence-electron chi connectivity index (χ3n) is 5.32. The molecule has 0 bridgehead atoms. The van der Waals surface area contributed by atoms with Crippen LogP contribution in [0.1, 0.15) is 18.1 Å². The zero-order valence-electron chi connectivity index (χ0n) is 19.3. The van der Waals surface area contributed by atoms with Crippen LogP contribution in [-0.4, -0.2) is 26.6 Å². The Kier molecular flexibility index (Phi) is 8.81. The van der Waals surface area contributed by atoms with Crippen molar-refractivity contribution in [1.82, 2.24) is 10.6 Å². The molecule has 5 nitrogen and oxygen atoms in total. The number of rotatable bonds is 9. The van der Waals surface area contributed by atoms with Gasteiger partial charge >= 0.3 is 6.18 Å². The van der Waals surface area contributed by atoms with E-state index in [1.165, 1.54) is 36.4 Å². The predicted molar refractivity (Wildman–Crippen MR) is 134 cm³/mol. The van der Waals surface area contributed by atoms with Gasteiger partial charge in [-0.3, -0.25) is 4.79 Å². The standard InChI is InChI=1S/C26H24ClF3N2O3S/c1-2-24(31-14-15-36(34,35)23-12-10-22(27)11-13-23)25(33)32-17-18-4-3-5-20(16-18)19-6-8-21(9-7-19)26(28,29)30/h2-13,16,31H,14-15,17H2,1H3,(H,32,33)/b24-2-. The number of halogens is 4. The molecule has 0 aliphatic heterocycles. The molecule has 36 heavy (non-hydrogen) atoms. The molecule has 0 heterocycles. The third kappa shape index (κ3) is 7.35. The summed E-state index contributed by atoms with van der Waals surface area (Å²) in [7, 11) is -3.55. The van der Waals surface area contributed by atoms with Gasteiger partial charge in [0.15, 0.2) is 9.84 Å². The number of benzene rings is 3. The van der Waals surface area contributed by atoms with Crippen LogP contribution < -0.4 is 10.6 Å². The summed E-state index contributed by atoms with van der Waals surface area (Å²) in [4.78, 5) is 12.7. The molecule has 3 rings (SSSR count). The Balaban J connectivity index is 1.56. The van der Waals surface area contributed by atoms with Crippen molar-refractivity contribution in [2.75, 3.05) is 12.3 Å². The SMILES string of the molecule is C/C=C(\NCCS(=O)(=O)c1ccc(Cl)cc1)C(=O)NCc1cccc(-c2ccc(C(F)(F)F)cc2)c1. The fourth-order valence-electron chi connectivity index (χ4n) is 3.38. The quantitative estimate of drug-likeness (QED) is 0.349. The highest BCUT2D eigenvalue weighted by Crippen LogP contribution is 2.31. The van der Waals surface area contributed by atoms with Gasteiger partial charge in [-0.15, -0.1) is 0 Å². The first kappa shape index (κ1) is 27.3. The van der Waals surface area contributed by atoms with Crippen molar-refractivity contribution in [3.8, 4) is 11.1 Å². The van der Waals surface area contributed by atoms with Gasteiger partial charge in [-0.25, -0.2) is 8.42 Å². The summed E-state index contributed by atoms with van der Waals surface area (Å²) in [6.07, 6.45) is -2.86. The molecule has 0 aliphatic rings. The Labute approximate surface area is 212 Å². The largest absolute Gasteiger partial charge is 0.416 e. The van der Waals surface area contributed by atoms with Crippen molar-refractivity contribution in [3.05, 3.63) is 101 Å². The highest BCUT2D eigenvalue weighted by atomic mass is 35.5. The van der Waals surface area contributed by atoms with Crippen LogP contribution in [0, 0.1) is 0 Å². The summed E-state index contributed by atoms with van der Waals surface area (Å²) < 4.78 is 63.3. The van der Waals surface area contributed by atoms with Gasteiger partial charge in [0, 0.05) is 18.1 Å². The van der Waals surface area contributed by atoms with Crippen molar-refractivity contribution in [3.63, 3.8) is 0 Å². The van der Waals surface area contributed by atoms with Crippen LogP contribution >= 0.6 is 11.6 Å². The molecule has 0 aromatic heterocycles. The first-order valence-corrected chi connectivity index (χ1v) is 13.0. The summed E-state index contributed by atoms with van der Waals surface area (Å²) in [5, 5.41) is 6.04. The number of carbonyl (C=O) groups excluding carboxylic acids is 1. The van der Waals surface area contributed by atoms with Gasteiger partial charge in [-0.1, -0.05) is 48.0 Å². The summed E-state index contributed by atoms with van der Waals surface area (Å²) in [6, 6.07) is 17.8. The number of hydrogen-bond acceptors (Lipinski definition) is 4. The number of hydrogen-bond donors (Lipinski definition) is 2. The van der Waals surface area contributed by atoms with E-state index in [0.717, 1.165) is 17.7 Å². The molecular formula is C26H24ClF3N2O3S. The van der Waals surface area contributed by atoms with E-state index in [4.69, 9.17) is 11.6 Å². The summed E-state index contributed by atoms with van der Waals surface area (Å²) in [5.74, 6) is -0.629. The van der Waals surface area contributed by atoms with E-state index in [9.17, 15) is 26.4 Å². The van der Waals surface area contributed by atoms with Crippen LogP contribution in [-0.2, 0) is 27.4 Å². The van der Waals surface area contributed by atoms with Crippen LogP contribution in [0.4, 0.5) is 13.2 Å². The van der Waals surface area contributed by atoms with Crippen molar-refractivity contribution in [2.24, 2.45) is 0 Å². The maximum atomic E-state index is 12.8. The highest BCUT2D eigenvalue weighted by molar-refractivity contribution is 7.91. The lowest BCUT2D eigenvalue weighted by Gasteiger charge is -2.13. The van der Waals surface area contributed by atoms with E-state index in [1.54, 1.807) is 37.3 Å². The lowest BCUT2D eigenvalue weighted by molar-refractivity contribution is -0.137. The van der Waals surface area contributed by atoms with Crippen LogP contribution in [0.3, 0.4) is 0 Å². The van der Waals surface area contributed by atoms with Crippen molar-refractivity contribution >= 4 is 27.3 Å². The Morgan fingerprint density at radius 2 is 1.61 bits per heavy atom. The second kappa shape index (κ2) is 11.6. The molecule has 0 fully saturated rings. The van der Waals surface area contributed by atoms with Crippen LogP contribution in [0.2, 0.25) is 5.02 Å². The number of sulfone groups is 1. The Bertz CT molecular complexity index is 1340. The van der Waals surface area contributed by atoms with E-state index in [-0.39, 0.29) is 29.4 Å². The number of carbonyl (C=O) groups is 1. The molecule has 190 valence electrons. The smallest absolute Gasteiger partial charge is 0.380 e. The van der Waals surface area contributed by atoms with E-state index < -0.39 is 27.5 Å². The van der Waals surface area contributed by atoms with Gasteiger partial charge in [0.1, 0.15) is 0 Å². The maximum Gasteiger partial charge on any atom is 0.416 e. The molecule has 0 spiro atoms. The maximum absolute atomic E-state index is 12.8. The third-order valence-corrected chi connectivity index (χ3v) is 7.30. The molecule has 0 saturated heterocycles. The molecule has 10 heteroatoms. The van der Waals surface area contributed by atoms with Crippen molar-refractivity contribution < 1.29 is 26.4 Å². The lowest BCUT2D eigenvalue weighted by Crippen LogP contribution is -2.33. The van der Waals surface area contributed by atoms with E-state index >= 15 is 0 Å². The second-order valence-electron chi connectivity index (χ2n) is 7.86. The first-order valence-electron chi connectivity index (χ1n) is 10.9. The monoisotopic (exact) mass is 536 g/mol. The molecule has 0 atom stereocenters. The molecule has 0 radical (unpaired) electrons. The van der Waals surface area contributed by atoms with Gasteiger partial charge in [0.25, 0.3) is 5.91 Å². The lowest BCUT2D eigenvalue weighted by atomic mass is 10.0. The van der Waals surface area contributed by atoms with E-state index in [0.29, 0.717) is 16.1 Å². The number of amides is 1. The Morgan fingerprint density at radius 3 is 2.22 bits per heavy atom. The molecule has 3 aromatic carbocycles. The number of alkyl halides is 3. The Hall–Kier alpha value is -3.30. The number of allylic oxidation sites excluding steroid dienone is 1. The number of nitrogens with one attached hydrogen (secondary N) is 2. The average molecular weight is 537 g/mol. The molecule has 0 unspecified atom stereocenters. The zero-order valence-corrected chi connectivity index (χ0v) is 20.8. The topological polar surface area (TPSA) is 75.3 Å². The molecular weight excluding hydrogens is 513 g/mol. The minimum Gasteiger partial charge on any atom is -0.380 e. The van der Waals surface area contributed by atoms with E-state index in [1.807, 2.05) is 0 Å². The molecule has 1 amide bonds. The van der Waals surface area contributed by atoms with Gasteiger partial charge in [-0.2, -0.15) is 13.2 Å². The second-order valence-corrected chi connectivity index (χ2v) is 10.4. The Morgan fingerprint density at radius 1 is 0.944 bits per heavy atom. The van der Waals surface area contributed by atoms with Crippen molar-refractivity contribution in [2.45, 2.75) is 24.5 Å². The molecule has 0 aliphatic carbocycles. The van der Waals surface area contributed by atoms with Crippen molar-refractivity contribution in [1.29, 1.82) is 0 Å². The van der Waals surface area contributed by atoms with Gasteiger partial charge < -0.3 is 10.6 Å². The fourth-order valence-corrected chi connectivity index (χ4v) is 4.67. The van der Waals surface area contributed by atoms with Gasteiger partial charge in [-0.05, 0) is 66.1 Å².